The molecule has 13 heteroatoms. The second-order valence-electron chi connectivity index (χ2n) is 10.7. The number of benzene rings is 2. The Morgan fingerprint density at radius 3 is 2.43 bits per heavy atom. The molecule has 1 fully saturated rings. The Morgan fingerprint density at radius 1 is 1.07 bits per heavy atom. The van der Waals surface area contributed by atoms with Gasteiger partial charge in [0.25, 0.3) is 5.91 Å². The van der Waals surface area contributed by atoms with Crippen molar-refractivity contribution in [3.63, 3.8) is 0 Å². The van der Waals surface area contributed by atoms with Gasteiger partial charge in [-0.15, -0.1) is 34.4 Å². The molecule has 1 aliphatic rings. The van der Waals surface area contributed by atoms with Crippen LogP contribution >= 0.6 is 34.4 Å². The number of nitrogens with zero attached hydrogens (tertiary/aromatic N) is 3. The number of aryl methyl sites for hydroxylation is 1. The summed E-state index contributed by atoms with van der Waals surface area (Å²) in [5.41, 5.74) is 1.70. The number of thiophene rings is 1. The van der Waals surface area contributed by atoms with Crippen molar-refractivity contribution >= 4 is 46.3 Å². The summed E-state index contributed by atoms with van der Waals surface area (Å²) < 4.78 is 50.4. The van der Waals surface area contributed by atoms with Crippen molar-refractivity contribution in [1.82, 2.24) is 14.8 Å². The smallest absolute Gasteiger partial charge is 0.416 e. The van der Waals surface area contributed by atoms with E-state index < -0.39 is 23.8 Å². The third kappa shape index (κ3) is 8.49. The quantitative estimate of drug-likeness (QED) is 0.118. The molecule has 0 spiro atoms. The monoisotopic (exact) mass is 689 g/mol. The van der Waals surface area contributed by atoms with Gasteiger partial charge in [0, 0.05) is 53.8 Å². The zero-order chi connectivity index (χ0) is 32.8. The van der Waals surface area contributed by atoms with Gasteiger partial charge in [0.2, 0.25) is 0 Å². The van der Waals surface area contributed by atoms with Crippen LogP contribution in [0.2, 0.25) is 0 Å². The first-order valence-electron chi connectivity index (χ1n) is 14.8. The molecule has 4 aromatic rings. The normalized spacial score (nSPS) is 14.7. The van der Waals surface area contributed by atoms with Gasteiger partial charge in [-0.1, -0.05) is 18.2 Å². The van der Waals surface area contributed by atoms with E-state index in [2.05, 4.69) is 4.90 Å². The maximum atomic E-state index is 13.2. The van der Waals surface area contributed by atoms with Gasteiger partial charge in [0.15, 0.2) is 6.10 Å². The number of carbonyl (C=O) groups excluding carboxylic acids is 2. The van der Waals surface area contributed by atoms with E-state index in [1.807, 2.05) is 47.5 Å². The number of piperazine rings is 1. The second kappa shape index (κ2) is 15.0. The van der Waals surface area contributed by atoms with E-state index in [-0.39, 0.29) is 12.5 Å². The van der Waals surface area contributed by atoms with Crippen LogP contribution in [0.25, 0.3) is 10.6 Å². The van der Waals surface area contributed by atoms with Crippen molar-refractivity contribution in [3.05, 3.63) is 86.6 Å². The molecular weight excluding hydrogens is 656 g/mol. The lowest BCUT2D eigenvalue weighted by Crippen LogP contribution is -2.48. The van der Waals surface area contributed by atoms with Crippen LogP contribution in [-0.4, -0.2) is 65.6 Å². The molecule has 1 unspecified atom stereocenters. The summed E-state index contributed by atoms with van der Waals surface area (Å²) >= 11 is 4.55. The summed E-state index contributed by atoms with van der Waals surface area (Å²) in [5, 5.41) is 2.56. The van der Waals surface area contributed by atoms with E-state index in [0.717, 1.165) is 38.0 Å². The number of halogens is 3. The van der Waals surface area contributed by atoms with Crippen LogP contribution < -0.4 is 4.74 Å². The molecule has 0 radical (unpaired) electrons. The molecule has 1 atom stereocenters. The van der Waals surface area contributed by atoms with E-state index in [9.17, 15) is 22.8 Å². The van der Waals surface area contributed by atoms with Crippen molar-refractivity contribution in [2.75, 3.05) is 32.8 Å². The molecule has 2 aromatic carbocycles. The summed E-state index contributed by atoms with van der Waals surface area (Å²) in [5.74, 6) is 0.845. The van der Waals surface area contributed by atoms with Crippen molar-refractivity contribution in [2.24, 2.45) is 0 Å². The minimum atomic E-state index is -4.41. The Balaban J connectivity index is 1.30. The first-order chi connectivity index (χ1) is 22.0. The number of alkyl halides is 3. The van der Waals surface area contributed by atoms with E-state index in [1.165, 1.54) is 34.8 Å². The Hall–Kier alpha value is -3.39. The molecule has 0 saturated carbocycles. The maximum absolute atomic E-state index is 13.2. The topological polar surface area (TPSA) is 72.0 Å². The zero-order valence-electron chi connectivity index (χ0n) is 25.6. The van der Waals surface area contributed by atoms with E-state index in [4.69, 9.17) is 14.5 Å². The summed E-state index contributed by atoms with van der Waals surface area (Å²) in [6.07, 6.45) is -5.13. The molecule has 2 aromatic heterocycles. The lowest BCUT2D eigenvalue weighted by atomic mass is 10.1. The molecule has 3 heterocycles. The minimum Gasteiger partial charge on any atom is -0.479 e. The fourth-order valence-electron chi connectivity index (χ4n) is 4.91. The van der Waals surface area contributed by atoms with Gasteiger partial charge in [0.1, 0.15) is 10.8 Å². The van der Waals surface area contributed by atoms with Gasteiger partial charge in [-0.05, 0) is 68.1 Å². The molecule has 5 rings (SSSR count). The number of ether oxygens (including phenoxy) is 2. The molecule has 1 saturated heterocycles. The Morgan fingerprint density at radius 2 is 1.80 bits per heavy atom. The molecule has 0 N–H and O–H groups in total. The number of amides is 1. The van der Waals surface area contributed by atoms with Crippen LogP contribution in [0, 0.1) is 6.92 Å². The Bertz CT molecular complexity index is 1630. The van der Waals surface area contributed by atoms with Gasteiger partial charge in [0.05, 0.1) is 22.7 Å². The summed E-state index contributed by atoms with van der Waals surface area (Å²) in [4.78, 5) is 36.6. The zero-order valence-corrected chi connectivity index (χ0v) is 28.1. The summed E-state index contributed by atoms with van der Waals surface area (Å²) in [6.45, 7) is 8.79. The van der Waals surface area contributed by atoms with E-state index >= 15 is 0 Å². The molecule has 1 amide bonds. The fraction of sp³-hybridized carbons (Fsp3) is 0.364. The van der Waals surface area contributed by atoms with E-state index in [0.29, 0.717) is 54.8 Å². The van der Waals surface area contributed by atoms with Crippen LogP contribution in [0.3, 0.4) is 0 Å². The van der Waals surface area contributed by atoms with Crippen LogP contribution in [-0.2, 0) is 28.0 Å². The largest absolute Gasteiger partial charge is 0.479 e. The van der Waals surface area contributed by atoms with E-state index in [1.54, 1.807) is 25.6 Å². The SMILES string of the molecule is CCOC(=O)C(C)Oc1ccc(SCc2sc(-c3ccc(C(F)(F)F)cc3)nc2CN2CCN(C(=O)c3cccs3)CC2)cc1C. The van der Waals surface area contributed by atoms with Gasteiger partial charge >= 0.3 is 12.1 Å². The Labute approximate surface area is 278 Å². The maximum Gasteiger partial charge on any atom is 0.416 e. The Kier molecular flexibility index (Phi) is 11.1. The highest BCUT2D eigenvalue weighted by Crippen LogP contribution is 2.36. The molecule has 0 aliphatic carbocycles. The molecule has 1 aliphatic heterocycles. The number of thiazole rings is 1. The van der Waals surface area contributed by atoms with Gasteiger partial charge in [-0.3, -0.25) is 9.69 Å². The van der Waals surface area contributed by atoms with Crippen LogP contribution in [0.1, 0.15) is 45.2 Å². The predicted octanol–water partition coefficient (Wildman–Crippen LogP) is 7.78. The first kappa shape index (κ1) is 34.0. The number of carbonyl (C=O) groups is 2. The first-order valence-corrected chi connectivity index (χ1v) is 17.5. The third-order valence-electron chi connectivity index (χ3n) is 7.44. The van der Waals surface area contributed by atoms with Gasteiger partial charge in [-0.25, -0.2) is 9.78 Å². The molecule has 244 valence electrons. The fourth-order valence-corrected chi connectivity index (χ4v) is 7.78. The number of aromatic nitrogens is 1. The van der Waals surface area contributed by atoms with Crippen LogP contribution in [0.4, 0.5) is 13.2 Å². The average molecular weight is 690 g/mol. The van der Waals surface area contributed by atoms with Gasteiger partial charge in [-0.2, -0.15) is 13.2 Å². The van der Waals surface area contributed by atoms with Crippen LogP contribution in [0.15, 0.2) is 64.9 Å². The third-order valence-corrected chi connectivity index (χ3v) is 10.6. The van der Waals surface area contributed by atoms with Crippen molar-refractivity contribution in [1.29, 1.82) is 0 Å². The number of rotatable bonds is 11. The number of esters is 1. The minimum absolute atomic E-state index is 0.0482. The second-order valence-corrected chi connectivity index (χ2v) is 13.8. The highest BCUT2D eigenvalue weighted by molar-refractivity contribution is 7.98. The lowest BCUT2D eigenvalue weighted by Gasteiger charge is -2.34. The summed E-state index contributed by atoms with van der Waals surface area (Å²) in [6, 6.07) is 14.6. The highest BCUT2D eigenvalue weighted by Gasteiger charge is 2.30. The molecule has 46 heavy (non-hydrogen) atoms. The standard InChI is InChI=1S/C33H34F3N3O4S3/c1-4-42-32(41)22(3)43-27-12-11-25(18-21(27)2)45-20-29-26(37-30(46-29)23-7-9-24(10-8-23)33(34,35)36)19-38-13-15-39(16-14-38)31(40)28-6-5-17-44-28/h5-12,17-18,22H,4,13-16,19-20H2,1-3H3. The molecule has 0 bridgehead atoms. The lowest BCUT2D eigenvalue weighted by molar-refractivity contribution is -0.150. The van der Waals surface area contributed by atoms with Crippen molar-refractivity contribution in [3.8, 4) is 16.3 Å². The van der Waals surface area contributed by atoms with Crippen LogP contribution in [0.5, 0.6) is 5.75 Å². The van der Waals surface area contributed by atoms with Gasteiger partial charge < -0.3 is 14.4 Å². The summed E-state index contributed by atoms with van der Waals surface area (Å²) in [7, 11) is 0. The molecular formula is C33H34F3N3O4S3. The number of thioether (sulfide) groups is 1. The molecule has 7 nitrogen and oxygen atoms in total. The average Bonchev–Trinajstić information content (AvgIpc) is 3.72. The highest BCUT2D eigenvalue weighted by atomic mass is 32.2. The number of hydrogen-bond acceptors (Lipinski definition) is 9. The van der Waals surface area contributed by atoms with Crippen molar-refractivity contribution in [2.45, 2.75) is 50.2 Å². The number of hydrogen-bond donors (Lipinski definition) is 0. The predicted molar refractivity (Wildman–Crippen MR) is 176 cm³/mol. The van der Waals surface area contributed by atoms with Crippen molar-refractivity contribution < 1.29 is 32.2 Å².